The van der Waals surface area contributed by atoms with Crippen molar-refractivity contribution in [2.75, 3.05) is 13.2 Å². The maximum Gasteiger partial charge on any atom is 0.220 e. The Morgan fingerprint density at radius 2 is 1.68 bits per heavy atom. The molecule has 19 heavy (non-hydrogen) atoms. The van der Waals surface area contributed by atoms with E-state index in [1.165, 1.54) is 0 Å². The smallest absolute Gasteiger partial charge is 0.220 e. The molecule has 0 aliphatic carbocycles. The molecule has 112 valence electrons. The second kappa shape index (κ2) is 8.94. The Morgan fingerprint density at radius 3 is 2.16 bits per heavy atom. The Morgan fingerprint density at radius 1 is 1.16 bits per heavy atom. The summed E-state index contributed by atoms with van der Waals surface area (Å²) in [7, 11) is 0. The van der Waals surface area contributed by atoms with Crippen LogP contribution in [0.1, 0.15) is 13.3 Å². The number of amides is 1. The lowest BCUT2D eigenvalue weighted by atomic mass is 10.0. The summed E-state index contributed by atoms with van der Waals surface area (Å²) in [6.45, 7) is 0.439. The van der Waals surface area contributed by atoms with Crippen LogP contribution in [0.25, 0.3) is 0 Å². The van der Waals surface area contributed by atoms with Crippen molar-refractivity contribution >= 4 is 12.2 Å². The Bertz CT molecular complexity index is 286. The number of aliphatic hydroxyl groups is 5. The lowest BCUT2D eigenvalue weighted by Gasteiger charge is -2.25. The molecule has 1 amide bonds. The summed E-state index contributed by atoms with van der Waals surface area (Å²) in [5, 5.41) is 48.2. The molecule has 6 N–H and O–H groups in total. The highest BCUT2D eigenvalue weighted by molar-refractivity contribution is 5.78. The zero-order valence-corrected chi connectivity index (χ0v) is 10.6. The van der Waals surface area contributed by atoms with Crippen molar-refractivity contribution in [2.45, 2.75) is 37.8 Å². The molecule has 0 bridgehead atoms. The van der Waals surface area contributed by atoms with Crippen LogP contribution in [0, 0.1) is 5.92 Å². The molecule has 0 spiro atoms. The van der Waals surface area contributed by atoms with Crippen molar-refractivity contribution < 1.29 is 35.1 Å². The number of aldehydes is 1. The third-order valence-electron chi connectivity index (χ3n) is 2.57. The number of carbonyl (C=O) groups is 2. The lowest BCUT2D eigenvalue weighted by molar-refractivity contribution is -0.128. The first-order valence-corrected chi connectivity index (χ1v) is 5.88. The quantitative estimate of drug-likeness (QED) is 0.243. The van der Waals surface area contributed by atoms with E-state index in [1.54, 1.807) is 6.92 Å². The fourth-order valence-corrected chi connectivity index (χ4v) is 1.32. The zero-order valence-electron chi connectivity index (χ0n) is 10.6. The second-order valence-electron chi connectivity index (χ2n) is 4.42. The summed E-state index contributed by atoms with van der Waals surface area (Å²) in [4.78, 5) is 21.6. The molecule has 8 nitrogen and oxygen atoms in total. The van der Waals surface area contributed by atoms with Gasteiger partial charge >= 0.3 is 0 Å². The van der Waals surface area contributed by atoms with Gasteiger partial charge in [0, 0.05) is 18.9 Å². The monoisotopic (exact) mass is 279 g/mol. The number of rotatable bonds is 9. The molecule has 0 aromatic rings. The highest BCUT2D eigenvalue weighted by atomic mass is 16.4. The minimum absolute atomic E-state index is 0.0475. The molecular weight excluding hydrogens is 258 g/mol. The Hall–Kier alpha value is -1.06. The van der Waals surface area contributed by atoms with E-state index in [0.29, 0.717) is 6.29 Å². The highest BCUT2D eigenvalue weighted by Gasteiger charge is 2.30. The van der Waals surface area contributed by atoms with Gasteiger partial charge in [-0.1, -0.05) is 6.92 Å². The minimum atomic E-state index is -1.73. The third kappa shape index (κ3) is 6.60. The summed E-state index contributed by atoms with van der Waals surface area (Å²) >= 11 is 0. The molecule has 0 fully saturated rings. The lowest BCUT2D eigenvalue weighted by Crippen LogP contribution is -2.49. The molecule has 0 saturated heterocycles. The fourth-order valence-electron chi connectivity index (χ4n) is 1.32. The van der Waals surface area contributed by atoms with Crippen molar-refractivity contribution in [3.8, 4) is 0 Å². The van der Waals surface area contributed by atoms with Crippen LogP contribution in [0.15, 0.2) is 0 Å². The second-order valence-corrected chi connectivity index (χ2v) is 4.42. The largest absolute Gasteiger partial charge is 0.394 e. The Labute approximate surface area is 110 Å². The zero-order chi connectivity index (χ0) is 15.0. The molecule has 0 aromatic carbocycles. The van der Waals surface area contributed by atoms with Crippen LogP contribution in [-0.4, -0.2) is 75.3 Å². The van der Waals surface area contributed by atoms with Gasteiger partial charge in [0.2, 0.25) is 5.91 Å². The van der Waals surface area contributed by atoms with Crippen molar-refractivity contribution in [2.24, 2.45) is 5.92 Å². The molecule has 0 heterocycles. The predicted octanol–water partition coefficient (Wildman–Crippen LogP) is -3.24. The van der Waals surface area contributed by atoms with E-state index in [2.05, 4.69) is 5.32 Å². The van der Waals surface area contributed by atoms with E-state index in [0.717, 1.165) is 0 Å². The number of hydrogen-bond donors (Lipinski definition) is 6. The maximum absolute atomic E-state index is 11.3. The van der Waals surface area contributed by atoms with Gasteiger partial charge in [-0.15, -0.1) is 0 Å². The first-order chi connectivity index (χ1) is 8.83. The van der Waals surface area contributed by atoms with Gasteiger partial charge in [-0.25, -0.2) is 0 Å². The summed E-state index contributed by atoms with van der Waals surface area (Å²) in [5.41, 5.74) is 0. The topological polar surface area (TPSA) is 147 Å². The molecule has 5 atom stereocenters. The van der Waals surface area contributed by atoms with Gasteiger partial charge in [0.25, 0.3) is 0 Å². The van der Waals surface area contributed by atoms with Crippen LogP contribution in [0.3, 0.4) is 0 Å². The Balaban J connectivity index is 4.12. The van der Waals surface area contributed by atoms with Gasteiger partial charge < -0.3 is 35.6 Å². The minimum Gasteiger partial charge on any atom is -0.394 e. The van der Waals surface area contributed by atoms with Gasteiger partial charge in [-0.2, -0.15) is 0 Å². The van der Waals surface area contributed by atoms with Crippen molar-refractivity contribution in [3.05, 3.63) is 0 Å². The molecule has 0 aromatic heterocycles. The van der Waals surface area contributed by atoms with Crippen molar-refractivity contribution in [1.82, 2.24) is 5.32 Å². The van der Waals surface area contributed by atoms with Gasteiger partial charge in [-0.3, -0.25) is 4.79 Å². The van der Waals surface area contributed by atoms with Gasteiger partial charge in [-0.05, 0) is 0 Å². The molecule has 0 aliphatic rings. The van der Waals surface area contributed by atoms with Crippen LogP contribution in [0.4, 0.5) is 0 Å². The van der Waals surface area contributed by atoms with E-state index in [1.807, 2.05) is 0 Å². The number of hydrogen-bond acceptors (Lipinski definition) is 7. The molecule has 0 aliphatic heterocycles. The summed E-state index contributed by atoms with van der Waals surface area (Å²) in [6, 6.07) is 0. The number of nitrogens with one attached hydrogen (secondary N) is 1. The standard InChI is InChI=1S/C11H21NO7/c1-6(4-13)2-9(17)12-3-7(15)10(18)11(19)8(16)5-14/h4,6-8,10-11,14-16,18-19H,2-3,5H2,1H3,(H,12,17). The van der Waals surface area contributed by atoms with Gasteiger partial charge in [0.05, 0.1) is 12.7 Å². The molecule has 5 unspecified atom stereocenters. The van der Waals surface area contributed by atoms with Crippen LogP contribution in [-0.2, 0) is 9.59 Å². The van der Waals surface area contributed by atoms with E-state index in [9.17, 15) is 24.9 Å². The number of carbonyl (C=O) groups excluding carboxylic acids is 2. The average molecular weight is 279 g/mol. The van der Waals surface area contributed by atoms with E-state index < -0.39 is 42.8 Å². The predicted molar refractivity (Wildman–Crippen MR) is 64.0 cm³/mol. The fraction of sp³-hybridized carbons (Fsp3) is 0.818. The van der Waals surface area contributed by atoms with Gasteiger partial charge in [0.15, 0.2) is 0 Å². The van der Waals surface area contributed by atoms with E-state index >= 15 is 0 Å². The maximum atomic E-state index is 11.3. The van der Waals surface area contributed by atoms with Crippen LogP contribution in [0.5, 0.6) is 0 Å². The summed E-state index contributed by atoms with van der Waals surface area (Å²) in [6.07, 6.45) is -5.97. The van der Waals surface area contributed by atoms with Gasteiger partial charge in [0.1, 0.15) is 24.6 Å². The summed E-state index contributed by atoms with van der Waals surface area (Å²) in [5.74, 6) is -0.938. The summed E-state index contributed by atoms with van der Waals surface area (Å²) < 4.78 is 0. The first-order valence-electron chi connectivity index (χ1n) is 5.88. The number of aliphatic hydroxyl groups excluding tert-OH is 5. The third-order valence-corrected chi connectivity index (χ3v) is 2.57. The Kier molecular flexibility index (Phi) is 8.44. The van der Waals surface area contributed by atoms with E-state index in [-0.39, 0.29) is 13.0 Å². The molecule has 0 rings (SSSR count). The first kappa shape index (κ1) is 17.9. The SMILES string of the molecule is CC(C=O)CC(=O)NCC(O)C(O)C(O)C(O)CO. The van der Waals surface area contributed by atoms with Crippen molar-refractivity contribution in [3.63, 3.8) is 0 Å². The molecule has 0 saturated carbocycles. The van der Waals surface area contributed by atoms with Crippen LogP contribution < -0.4 is 5.32 Å². The molecule has 8 heteroatoms. The van der Waals surface area contributed by atoms with Crippen molar-refractivity contribution in [1.29, 1.82) is 0 Å². The normalized spacial score (nSPS) is 19.1. The van der Waals surface area contributed by atoms with E-state index in [4.69, 9.17) is 10.2 Å². The highest BCUT2D eigenvalue weighted by Crippen LogP contribution is 2.05. The molecule has 0 radical (unpaired) electrons. The van der Waals surface area contributed by atoms with Crippen LogP contribution in [0.2, 0.25) is 0 Å². The molecular formula is C11H21NO7. The van der Waals surface area contributed by atoms with Crippen LogP contribution >= 0.6 is 0 Å². The average Bonchev–Trinajstić information content (AvgIpc) is 2.41.